The largest absolute Gasteiger partial charge is 0.349 e. The van der Waals surface area contributed by atoms with Gasteiger partial charge in [-0.05, 0) is 30.9 Å². The van der Waals surface area contributed by atoms with Crippen LogP contribution in [0.2, 0.25) is 0 Å². The number of hydrogen-bond acceptors (Lipinski definition) is 4. The van der Waals surface area contributed by atoms with E-state index >= 15 is 0 Å². The maximum atomic E-state index is 12.5. The van der Waals surface area contributed by atoms with E-state index in [9.17, 15) is 13.2 Å². The first-order chi connectivity index (χ1) is 10.4. The molecule has 0 aromatic rings. The predicted octanol–water partition coefficient (Wildman–Crippen LogP) is 1.18. The fourth-order valence-corrected chi connectivity index (χ4v) is 4.21. The van der Waals surface area contributed by atoms with Gasteiger partial charge in [-0.15, -0.1) is 4.40 Å². The van der Waals surface area contributed by atoms with Gasteiger partial charge < -0.3 is 10.2 Å². The first kappa shape index (κ1) is 15.3. The van der Waals surface area contributed by atoms with Crippen molar-refractivity contribution in [3.8, 4) is 0 Å². The molecule has 7 heteroatoms. The number of amides is 1. The number of carbonyl (C=O) groups excluding carboxylic acids is 1. The molecule has 120 valence electrons. The van der Waals surface area contributed by atoms with Gasteiger partial charge in [0.2, 0.25) is 0 Å². The Balaban J connectivity index is 1.78. The van der Waals surface area contributed by atoms with Gasteiger partial charge >= 0.3 is 0 Å². The second kappa shape index (κ2) is 5.87. The molecule has 0 radical (unpaired) electrons. The van der Waals surface area contributed by atoms with Crippen molar-refractivity contribution in [2.75, 3.05) is 12.3 Å². The second-order valence-electron chi connectivity index (χ2n) is 6.26. The molecule has 1 saturated carbocycles. The maximum Gasteiger partial charge on any atom is 0.256 e. The zero-order valence-electron chi connectivity index (χ0n) is 12.7. The molecule has 1 fully saturated rings. The van der Waals surface area contributed by atoms with Crippen LogP contribution >= 0.6 is 0 Å². The van der Waals surface area contributed by atoms with Crippen molar-refractivity contribution in [1.82, 2.24) is 10.2 Å². The third-order valence-corrected chi connectivity index (χ3v) is 5.52. The minimum atomic E-state index is -3.47. The fraction of sp³-hybridized carbons (Fsp3) is 0.600. The summed E-state index contributed by atoms with van der Waals surface area (Å²) in [6.45, 7) is 2.53. The predicted molar refractivity (Wildman–Crippen MR) is 84.7 cm³/mol. The Morgan fingerprint density at radius 3 is 3.00 bits per heavy atom. The van der Waals surface area contributed by atoms with Crippen LogP contribution in [0.1, 0.15) is 32.6 Å². The fourth-order valence-electron chi connectivity index (χ4n) is 3.22. The summed E-state index contributed by atoms with van der Waals surface area (Å²) in [5.74, 6) is 0.609. The van der Waals surface area contributed by atoms with E-state index in [1.807, 2.05) is 0 Å². The van der Waals surface area contributed by atoms with Crippen LogP contribution in [-0.4, -0.2) is 43.4 Å². The minimum Gasteiger partial charge on any atom is -0.349 e. The molecule has 1 N–H and O–H groups in total. The van der Waals surface area contributed by atoms with E-state index in [0.29, 0.717) is 18.0 Å². The van der Waals surface area contributed by atoms with Gasteiger partial charge in [0.15, 0.2) is 5.84 Å². The van der Waals surface area contributed by atoms with Crippen LogP contribution in [0.3, 0.4) is 0 Å². The smallest absolute Gasteiger partial charge is 0.256 e. The van der Waals surface area contributed by atoms with Crippen LogP contribution in [-0.2, 0) is 14.8 Å². The van der Waals surface area contributed by atoms with E-state index in [-0.39, 0.29) is 23.5 Å². The Morgan fingerprint density at radius 2 is 2.23 bits per heavy atom. The molecule has 2 atom stereocenters. The molecular formula is C15H21N3O3S. The molecule has 3 aliphatic rings. The van der Waals surface area contributed by atoms with Crippen molar-refractivity contribution in [3.63, 3.8) is 0 Å². The summed E-state index contributed by atoms with van der Waals surface area (Å²) in [5, 5.41) is 3.04. The molecule has 22 heavy (non-hydrogen) atoms. The zero-order chi connectivity index (χ0) is 15.7. The number of hydrogen-bond donors (Lipinski definition) is 1. The molecule has 2 aliphatic heterocycles. The van der Waals surface area contributed by atoms with E-state index in [2.05, 4.69) is 16.6 Å². The van der Waals surface area contributed by atoms with E-state index in [1.54, 1.807) is 23.3 Å². The summed E-state index contributed by atoms with van der Waals surface area (Å²) in [6.07, 6.45) is 9.43. The number of nitrogens with zero attached hydrogens (tertiary/aromatic N) is 2. The second-order valence-corrected chi connectivity index (χ2v) is 8.01. The van der Waals surface area contributed by atoms with Crippen LogP contribution in [0.25, 0.3) is 0 Å². The monoisotopic (exact) mass is 323 g/mol. The van der Waals surface area contributed by atoms with Crippen molar-refractivity contribution in [2.45, 2.75) is 38.6 Å². The molecule has 0 aromatic heterocycles. The number of rotatable bonds is 2. The summed E-state index contributed by atoms with van der Waals surface area (Å²) < 4.78 is 27.2. The average molecular weight is 323 g/mol. The molecule has 2 unspecified atom stereocenters. The normalized spacial score (nSPS) is 30.1. The molecule has 0 spiro atoms. The minimum absolute atomic E-state index is 0.0180. The van der Waals surface area contributed by atoms with Gasteiger partial charge in [0.25, 0.3) is 15.9 Å². The van der Waals surface area contributed by atoms with Gasteiger partial charge in [0.05, 0.1) is 11.3 Å². The highest BCUT2D eigenvalue weighted by molar-refractivity contribution is 7.90. The lowest BCUT2D eigenvalue weighted by molar-refractivity contribution is -0.118. The van der Waals surface area contributed by atoms with Gasteiger partial charge in [0, 0.05) is 18.8 Å². The Bertz CT molecular complexity index is 664. The van der Waals surface area contributed by atoms with Crippen LogP contribution in [0.5, 0.6) is 0 Å². The number of sulfonamides is 1. The van der Waals surface area contributed by atoms with Crippen LogP contribution in [0.4, 0.5) is 0 Å². The average Bonchev–Trinajstić information content (AvgIpc) is 2.45. The van der Waals surface area contributed by atoms with Crippen molar-refractivity contribution in [2.24, 2.45) is 10.3 Å². The van der Waals surface area contributed by atoms with Gasteiger partial charge in [0.1, 0.15) is 0 Å². The molecule has 0 bridgehead atoms. The standard InChI is InChI=1S/C15H21N3O3S/c1-11-4-2-5-12(10-11)16-15(19)13-6-3-7-18-8-9-22(20,21)17-14(13)18/h3,6-7,11-12H,2,4-5,8-10H2,1H3,(H,16,19). The summed E-state index contributed by atoms with van der Waals surface area (Å²) >= 11 is 0. The first-order valence-electron chi connectivity index (χ1n) is 7.73. The van der Waals surface area contributed by atoms with Gasteiger partial charge in [-0.3, -0.25) is 4.79 Å². The molecule has 2 heterocycles. The quantitative estimate of drug-likeness (QED) is 0.827. The van der Waals surface area contributed by atoms with Crippen LogP contribution < -0.4 is 5.32 Å². The van der Waals surface area contributed by atoms with Crippen molar-refractivity contribution < 1.29 is 13.2 Å². The summed E-state index contributed by atoms with van der Waals surface area (Å²) in [4.78, 5) is 14.2. The Labute approximate surface area is 131 Å². The van der Waals surface area contributed by atoms with Crippen molar-refractivity contribution in [3.05, 3.63) is 23.9 Å². The van der Waals surface area contributed by atoms with Gasteiger partial charge in [-0.1, -0.05) is 19.8 Å². The third kappa shape index (κ3) is 3.24. The summed E-state index contributed by atoms with van der Waals surface area (Å²) in [6, 6.07) is 0.164. The third-order valence-electron chi connectivity index (χ3n) is 4.37. The number of carbonyl (C=O) groups is 1. The summed E-state index contributed by atoms with van der Waals surface area (Å²) in [5.41, 5.74) is 0.337. The van der Waals surface area contributed by atoms with Gasteiger partial charge in [-0.2, -0.15) is 0 Å². The number of nitrogens with one attached hydrogen (secondary N) is 1. The van der Waals surface area contributed by atoms with Crippen LogP contribution in [0, 0.1) is 5.92 Å². The van der Waals surface area contributed by atoms with Crippen molar-refractivity contribution in [1.29, 1.82) is 0 Å². The van der Waals surface area contributed by atoms with Crippen molar-refractivity contribution >= 4 is 21.8 Å². The molecule has 0 aromatic carbocycles. The zero-order valence-corrected chi connectivity index (χ0v) is 13.5. The maximum absolute atomic E-state index is 12.5. The molecular weight excluding hydrogens is 302 g/mol. The van der Waals surface area contributed by atoms with E-state index in [1.165, 1.54) is 6.42 Å². The Hall–Kier alpha value is -1.63. The number of allylic oxidation sites excluding steroid dienone is 2. The topological polar surface area (TPSA) is 78.8 Å². The number of fused-ring (bicyclic) bond motifs is 1. The van der Waals surface area contributed by atoms with E-state index in [0.717, 1.165) is 19.3 Å². The number of amidine groups is 1. The highest BCUT2D eigenvalue weighted by atomic mass is 32.2. The Morgan fingerprint density at radius 1 is 1.41 bits per heavy atom. The van der Waals surface area contributed by atoms with E-state index in [4.69, 9.17) is 0 Å². The van der Waals surface area contributed by atoms with Crippen LogP contribution in [0.15, 0.2) is 28.3 Å². The molecule has 6 nitrogen and oxygen atoms in total. The lowest BCUT2D eigenvalue weighted by Crippen LogP contribution is -2.45. The molecule has 0 saturated heterocycles. The van der Waals surface area contributed by atoms with Gasteiger partial charge in [-0.25, -0.2) is 8.42 Å². The lowest BCUT2D eigenvalue weighted by atomic mass is 9.87. The highest BCUT2D eigenvalue weighted by Crippen LogP contribution is 2.24. The SMILES string of the molecule is CC1CCCC(NC(=O)C2=CC=CN3CCS(=O)(=O)N=C23)C1. The Kier molecular flexibility index (Phi) is 4.08. The highest BCUT2D eigenvalue weighted by Gasteiger charge is 2.31. The summed E-state index contributed by atoms with van der Waals surface area (Å²) in [7, 11) is -3.47. The lowest BCUT2D eigenvalue weighted by Gasteiger charge is -2.31. The molecule has 1 aliphatic carbocycles. The first-order valence-corrected chi connectivity index (χ1v) is 9.34. The molecule has 1 amide bonds. The van der Waals surface area contributed by atoms with E-state index < -0.39 is 10.0 Å². The molecule has 3 rings (SSSR count).